The first-order valence-corrected chi connectivity index (χ1v) is 9.83. The van der Waals surface area contributed by atoms with E-state index in [0.29, 0.717) is 6.61 Å². The van der Waals surface area contributed by atoms with Crippen LogP contribution in [0.3, 0.4) is 0 Å². The van der Waals surface area contributed by atoms with Crippen LogP contribution in [0.2, 0.25) is 0 Å². The first-order valence-electron chi connectivity index (χ1n) is 8.55. The molecule has 0 unspecified atom stereocenters. The van der Waals surface area contributed by atoms with E-state index in [9.17, 15) is 0 Å². The Morgan fingerprint density at radius 3 is 2.14 bits per heavy atom. The summed E-state index contributed by atoms with van der Waals surface area (Å²) in [6.07, 6.45) is 13.3. The van der Waals surface area contributed by atoms with E-state index < -0.39 is 5.79 Å². The second kappa shape index (κ2) is 11.0. The summed E-state index contributed by atoms with van der Waals surface area (Å²) in [5.41, 5.74) is 0.0889. The van der Waals surface area contributed by atoms with Crippen LogP contribution in [0.4, 0.5) is 0 Å². The molecule has 1 heterocycles. The van der Waals surface area contributed by atoms with Crippen molar-refractivity contribution in [1.82, 2.24) is 0 Å². The van der Waals surface area contributed by atoms with Gasteiger partial charge in [0.1, 0.15) is 5.44 Å². The Hall–Kier alpha value is 0.360. The maximum Gasteiger partial charge on any atom is 0.164 e. The van der Waals surface area contributed by atoms with Crippen molar-refractivity contribution in [2.24, 2.45) is 0 Å². The third-order valence-corrected chi connectivity index (χ3v) is 5.18. The van der Waals surface area contributed by atoms with Gasteiger partial charge in [-0.1, -0.05) is 82.3 Å². The molecule has 0 aliphatic carbocycles. The van der Waals surface area contributed by atoms with Crippen LogP contribution >= 0.6 is 24.0 Å². The molecule has 21 heavy (non-hydrogen) atoms. The standard InChI is InChI=1S/C17H32O2S2/c1-4-5-6-7-8-9-10-11-12-13-16(20)21-15-14-18-17(2,3)19-15/h15H,4-14H2,1-3H3/t15-/m1/s1. The molecule has 0 spiro atoms. The van der Waals surface area contributed by atoms with Gasteiger partial charge in [-0.2, -0.15) is 0 Å². The van der Waals surface area contributed by atoms with E-state index in [4.69, 9.17) is 21.7 Å². The molecule has 0 radical (unpaired) electrons. The molecule has 1 saturated heterocycles. The highest BCUT2D eigenvalue weighted by atomic mass is 32.2. The quantitative estimate of drug-likeness (QED) is 0.337. The number of hydrogen-bond acceptors (Lipinski definition) is 4. The molecule has 0 aromatic carbocycles. The van der Waals surface area contributed by atoms with Gasteiger partial charge in [0.2, 0.25) is 0 Å². The van der Waals surface area contributed by atoms with Crippen LogP contribution in [0, 0.1) is 0 Å². The van der Waals surface area contributed by atoms with Crippen molar-refractivity contribution in [3.05, 3.63) is 0 Å². The monoisotopic (exact) mass is 332 g/mol. The van der Waals surface area contributed by atoms with Crippen molar-refractivity contribution >= 4 is 28.2 Å². The lowest BCUT2D eigenvalue weighted by Gasteiger charge is -2.16. The fourth-order valence-corrected chi connectivity index (χ4v) is 3.93. The fourth-order valence-electron chi connectivity index (χ4n) is 2.50. The Labute approximate surface area is 140 Å². The van der Waals surface area contributed by atoms with E-state index >= 15 is 0 Å². The molecule has 0 N–H and O–H groups in total. The van der Waals surface area contributed by atoms with Gasteiger partial charge in [-0.3, -0.25) is 0 Å². The lowest BCUT2D eigenvalue weighted by Crippen LogP contribution is -2.20. The lowest BCUT2D eigenvalue weighted by molar-refractivity contribution is -0.129. The molecule has 0 bridgehead atoms. The molecular weight excluding hydrogens is 300 g/mol. The van der Waals surface area contributed by atoms with E-state index in [1.54, 1.807) is 11.8 Å². The molecule has 0 amide bonds. The smallest absolute Gasteiger partial charge is 0.164 e. The van der Waals surface area contributed by atoms with Crippen LogP contribution in [0.15, 0.2) is 0 Å². The van der Waals surface area contributed by atoms with Crippen LogP contribution in [0.5, 0.6) is 0 Å². The minimum absolute atomic E-state index is 0.0889. The molecule has 1 aliphatic heterocycles. The Bertz CT molecular complexity index is 293. The van der Waals surface area contributed by atoms with Crippen LogP contribution in [0.25, 0.3) is 0 Å². The van der Waals surface area contributed by atoms with Gasteiger partial charge in [-0.25, -0.2) is 0 Å². The maximum atomic E-state index is 5.76. The topological polar surface area (TPSA) is 18.5 Å². The largest absolute Gasteiger partial charge is 0.347 e. The van der Waals surface area contributed by atoms with Crippen molar-refractivity contribution in [2.45, 2.75) is 96.2 Å². The SMILES string of the molecule is CCCCCCCCCCCC(=S)S[C@@H]1COC(C)(C)O1. The van der Waals surface area contributed by atoms with E-state index in [-0.39, 0.29) is 5.44 Å². The molecule has 0 aromatic heterocycles. The normalized spacial score (nSPS) is 20.8. The zero-order chi connectivity index (χ0) is 15.6. The van der Waals surface area contributed by atoms with E-state index in [0.717, 1.165) is 10.6 Å². The highest BCUT2D eigenvalue weighted by molar-refractivity contribution is 8.23. The van der Waals surface area contributed by atoms with Crippen LogP contribution in [-0.2, 0) is 9.47 Å². The maximum absolute atomic E-state index is 5.76. The van der Waals surface area contributed by atoms with Gasteiger partial charge in [0.05, 0.1) is 10.8 Å². The summed E-state index contributed by atoms with van der Waals surface area (Å²) in [6.45, 7) is 6.83. The molecule has 1 rings (SSSR count). The van der Waals surface area contributed by atoms with E-state index in [1.807, 2.05) is 13.8 Å². The van der Waals surface area contributed by atoms with Gasteiger partial charge in [0.15, 0.2) is 5.79 Å². The fraction of sp³-hybridized carbons (Fsp3) is 0.941. The minimum Gasteiger partial charge on any atom is -0.347 e. The van der Waals surface area contributed by atoms with Gasteiger partial charge in [0, 0.05) is 0 Å². The molecule has 1 fully saturated rings. The molecule has 2 nitrogen and oxygen atoms in total. The van der Waals surface area contributed by atoms with Gasteiger partial charge >= 0.3 is 0 Å². The third kappa shape index (κ3) is 9.88. The lowest BCUT2D eigenvalue weighted by atomic mass is 10.1. The summed E-state index contributed by atoms with van der Waals surface area (Å²) in [7, 11) is 0. The average molecular weight is 333 g/mol. The van der Waals surface area contributed by atoms with Crippen molar-refractivity contribution in [1.29, 1.82) is 0 Å². The van der Waals surface area contributed by atoms with Crippen LogP contribution in [0.1, 0.15) is 85.0 Å². The summed E-state index contributed by atoms with van der Waals surface area (Å²) in [6, 6.07) is 0. The summed E-state index contributed by atoms with van der Waals surface area (Å²) in [5, 5.41) is 0. The zero-order valence-electron chi connectivity index (χ0n) is 14.0. The summed E-state index contributed by atoms with van der Waals surface area (Å²) in [4.78, 5) is 0. The summed E-state index contributed by atoms with van der Waals surface area (Å²) >= 11 is 7.11. The first-order chi connectivity index (χ1) is 10.0. The second-order valence-corrected chi connectivity index (χ2v) is 8.33. The van der Waals surface area contributed by atoms with Crippen LogP contribution in [-0.4, -0.2) is 22.0 Å². The molecule has 1 aliphatic rings. The molecular formula is C17H32O2S2. The second-order valence-electron chi connectivity index (χ2n) is 6.33. The zero-order valence-corrected chi connectivity index (χ0v) is 15.6. The number of unbranched alkanes of at least 4 members (excludes halogenated alkanes) is 8. The van der Waals surface area contributed by atoms with E-state index in [2.05, 4.69) is 6.92 Å². The van der Waals surface area contributed by atoms with Crippen LogP contribution < -0.4 is 0 Å². The van der Waals surface area contributed by atoms with E-state index in [1.165, 1.54) is 57.8 Å². The Morgan fingerprint density at radius 2 is 1.62 bits per heavy atom. The van der Waals surface area contributed by atoms with Crippen molar-refractivity contribution in [3.63, 3.8) is 0 Å². The number of ether oxygens (including phenoxy) is 2. The summed E-state index contributed by atoms with van der Waals surface area (Å²) in [5.74, 6) is -0.439. The van der Waals surface area contributed by atoms with Crippen molar-refractivity contribution in [2.75, 3.05) is 6.61 Å². The molecule has 1 atom stereocenters. The predicted octanol–water partition coefficient (Wildman–Crippen LogP) is 6.08. The highest BCUT2D eigenvalue weighted by Gasteiger charge is 2.33. The average Bonchev–Trinajstić information content (AvgIpc) is 2.76. The number of rotatable bonds is 11. The number of thioether (sulfide) groups is 1. The van der Waals surface area contributed by atoms with Gasteiger partial charge < -0.3 is 9.47 Å². The van der Waals surface area contributed by atoms with Crippen molar-refractivity contribution < 1.29 is 9.47 Å². The first kappa shape index (κ1) is 19.4. The summed E-state index contributed by atoms with van der Waals surface area (Å²) < 4.78 is 12.4. The molecule has 0 saturated carbocycles. The third-order valence-electron chi connectivity index (χ3n) is 3.73. The molecule has 4 heteroatoms. The van der Waals surface area contributed by atoms with Gasteiger partial charge in [-0.15, -0.1) is 0 Å². The predicted molar refractivity (Wildman–Crippen MR) is 96.9 cm³/mol. The Morgan fingerprint density at radius 1 is 1.05 bits per heavy atom. The number of thiocarbonyl (C=S) groups is 1. The van der Waals surface area contributed by atoms with Crippen molar-refractivity contribution in [3.8, 4) is 0 Å². The van der Waals surface area contributed by atoms with Gasteiger partial charge in [-0.05, 0) is 26.7 Å². The highest BCUT2D eigenvalue weighted by Crippen LogP contribution is 2.30. The molecule has 0 aromatic rings. The number of hydrogen-bond donors (Lipinski definition) is 0. The Kier molecular flexibility index (Phi) is 10.1. The molecule has 124 valence electrons. The Balaban J connectivity index is 1.90. The minimum atomic E-state index is -0.439. The van der Waals surface area contributed by atoms with Gasteiger partial charge in [0.25, 0.3) is 0 Å².